The molecule has 2 aromatic heterocycles. The van der Waals surface area contributed by atoms with Gasteiger partial charge in [-0.05, 0) is 48.4 Å². The molecule has 0 saturated heterocycles. The van der Waals surface area contributed by atoms with Crippen molar-refractivity contribution in [1.82, 2.24) is 25.3 Å². The number of hydrogen-bond donors (Lipinski definition) is 1. The molecule has 0 bridgehead atoms. The summed E-state index contributed by atoms with van der Waals surface area (Å²) >= 11 is 6.22. The van der Waals surface area contributed by atoms with Gasteiger partial charge in [-0.2, -0.15) is 0 Å². The van der Waals surface area contributed by atoms with Crippen molar-refractivity contribution >= 4 is 17.5 Å². The highest BCUT2D eigenvalue weighted by Gasteiger charge is 2.24. The molecule has 4 rings (SSSR count). The normalized spacial score (nSPS) is 10.7. The molecule has 0 atom stereocenters. The van der Waals surface area contributed by atoms with E-state index in [-0.39, 0.29) is 11.6 Å². The van der Waals surface area contributed by atoms with Crippen LogP contribution in [-0.2, 0) is 6.54 Å². The van der Waals surface area contributed by atoms with Crippen molar-refractivity contribution in [2.24, 2.45) is 0 Å². The first-order valence-electron chi connectivity index (χ1n) is 9.61. The summed E-state index contributed by atoms with van der Waals surface area (Å²) in [5, 5.41) is 11.9. The van der Waals surface area contributed by atoms with Crippen molar-refractivity contribution in [2.75, 3.05) is 7.11 Å². The lowest BCUT2D eigenvalue weighted by molar-refractivity contribution is 0.0946. The predicted octanol–water partition coefficient (Wildman–Crippen LogP) is 4.23. The van der Waals surface area contributed by atoms with E-state index in [1.807, 2.05) is 31.2 Å². The van der Waals surface area contributed by atoms with Crippen LogP contribution in [-0.4, -0.2) is 33.0 Å². The van der Waals surface area contributed by atoms with Gasteiger partial charge in [0.25, 0.3) is 5.91 Å². The zero-order valence-electron chi connectivity index (χ0n) is 17.0. The summed E-state index contributed by atoms with van der Waals surface area (Å²) in [6.07, 6.45) is 3.30. The molecule has 0 aliphatic rings. The van der Waals surface area contributed by atoms with Crippen LogP contribution in [0.4, 0.5) is 0 Å². The maximum atomic E-state index is 13.1. The minimum atomic E-state index is -0.331. The largest absolute Gasteiger partial charge is 0.494 e. The lowest BCUT2D eigenvalue weighted by Crippen LogP contribution is -2.24. The molecule has 31 heavy (non-hydrogen) atoms. The Morgan fingerprint density at radius 1 is 1.13 bits per heavy atom. The van der Waals surface area contributed by atoms with Gasteiger partial charge in [0.15, 0.2) is 5.69 Å². The van der Waals surface area contributed by atoms with Crippen molar-refractivity contribution in [1.29, 1.82) is 0 Å². The molecule has 7 nitrogen and oxygen atoms in total. The van der Waals surface area contributed by atoms with Gasteiger partial charge in [-0.3, -0.25) is 9.78 Å². The van der Waals surface area contributed by atoms with E-state index in [0.29, 0.717) is 28.7 Å². The number of carbonyl (C=O) groups excluding carboxylic acids is 1. The van der Waals surface area contributed by atoms with Crippen molar-refractivity contribution in [3.8, 4) is 22.7 Å². The number of pyridine rings is 1. The molecule has 0 saturated carbocycles. The highest BCUT2D eigenvalue weighted by atomic mass is 35.5. The van der Waals surface area contributed by atoms with E-state index in [1.54, 1.807) is 54.5 Å². The minimum Gasteiger partial charge on any atom is -0.494 e. The number of benzene rings is 2. The van der Waals surface area contributed by atoms with E-state index in [9.17, 15) is 4.79 Å². The molecular formula is C23H20ClN5O2. The number of hydrogen-bond acceptors (Lipinski definition) is 5. The van der Waals surface area contributed by atoms with Gasteiger partial charge < -0.3 is 10.1 Å². The Bertz CT molecular complexity index is 1220. The quantitative estimate of drug-likeness (QED) is 0.492. The van der Waals surface area contributed by atoms with Crippen molar-refractivity contribution in [3.05, 3.63) is 88.8 Å². The van der Waals surface area contributed by atoms with Crippen LogP contribution in [0.1, 0.15) is 21.6 Å². The standard InChI is InChI=1S/C23H20ClN5O2/c1-15-5-3-4-6-17(15)14-26-23(30)21-22(16-9-11-25-12-10-16)29(28-27-21)19-13-18(24)7-8-20(19)31-2/h3-13H,14H2,1-2H3,(H,26,30). The van der Waals surface area contributed by atoms with Gasteiger partial charge in [0.1, 0.15) is 17.1 Å². The molecule has 156 valence electrons. The highest BCUT2D eigenvalue weighted by molar-refractivity contribution is 6.30. The SMILES string of the molecule is COc1ccc(Cl)cc1-n1nnc(C(=O)NCc2ccccc2C)c1-c1ccncc1. The van der Waals surface area contributed by atoms with Gasteiger partial charge in [0.2, 0.25) is 0 Å². The third kappa shape index (κ3) is 4.27. The number of aryl methyl sites for hydroxylation is 1. The van der Waals surface area contributed by atoms with E-state index in [4.69, 9.17) is 16.3 Å². The average molecular weight is 434 g/mol. The maximum Gasteiger partial charge on any atom is 0.274 e. The first-order valence-corrected chi connectivity index (χ1v) is 9.99. The number of rotatable bonds is 6. The molecule has 1 amide bonds. The van der Waals surface area contributed by atoms with Crippen LogP contribution in [0.25, 0.3) is 16.9 Å². The lowest BCUT2D eigenvalue weighted by Gasteiger charge is -2.12. The van der Waals surface area contributed by atoms with Crippen molar-refractivity contribution < 1.29 is 9.53 Å². The number of halogens is 1. The number of aromatic nitrogens is 4. The minimum absolute atomic E-state index is 0.196. The lowest BCUT2D eigenvalue weighted by atomic mass is 10.1. The fraction of sp³-hybridized carbons (Fsp3) is 0.130. The zero-order chi connectivity index (χ0) is 21.8. The van der Waals surface area contributed by atoms with Crippen LogP contribution in [0.3, 0.4) is 0 Å². The van der Waals surface area contributed by atoms with Crippen LogP contribution in [0.2, 0.25) is 5.02 Å². The van der Waals surface area contributed by atoms with Gasteiger partial charge in [-0.1, -0.05) is 41.1 Å². The summed E-state index contributed by atoms with van der Waals surface area (Å²) in [5.74, 6) is 0.221. The van der Waals surface area contributed by atoms with Gasteiger partial charge in [0, 0.05) is 29.5 Å². The van der Waals surface area contributed by atoms with Gasteiger partial charge in [-0.25, -0.2) is 4.68 Å². The highest BCUT2D eigenvalue weighted by Crippen LogP contribution is 2.31. The number of ether oxygens (including phenoxy) is 1. The van der Waals surface area contributed by atoms with Crippen LogP contribution in [0, 0.1) is 6.92 Å². The molecule has 0 spiro atoms. The van der Waals surface area contributed by atoms with E-state index >= 15 is 0 Å². The Kier molecular flexibility index (Phi) is 5.95. The van der Waals surface area contributed by atoms with Crippen LogP contribution >= 0.6 is 11.6 Å². The third-order valence-electron chi connectivity index (χ3n) is 4.91. The summed E-state index contributed by atoms with van der Waals surface area (Å²) in [6, 6.07) is 16.7. The summed E-state index contributed by atoms with van der Waals surface area (Å²) in [4.78, 5) is 17.2. The fourth-order valence-corrected chi connectivity index (χ4v) is 3.43. The van der Waals surface area contributed by atoms with Crippen LogP contribution < -0.4 is 10.1 Å². The molecule has 4 aromatic rings. The fourth-order valence-electron chi connectivity index (χ4n) is 3.27. The molecule has 1 N–H and O–H groups in total. The zero-order valence-corrected chi connectivity index (χ0v) is 17.8. The van der Waals surface area contributed by atoms with Gasteiger partial charge in [-0.15, -0.1) is 5.10 Å². The molecule has 0 radical (unpaired) electrons. The summed E-state index contributed by atoms with van der Waals surface area (Å²) in [7, 11) is 1.56. The van der Waals surface area contributed by atoms with Gasteiger partial charge in [0.05, 0.1) is 7.11 Å². The maximum absolute atomic E-state index is 13.1. The number of methoxy groups -OCH3 is 1. The third-order valence-corrected chi connectivity index (χ3v) is 5.14. The molecule has 2 heterocycles. The van der Waals surface area contributed by atoms with Gasteiger partial charge >= 0.3 is 0 Å². The molecule has 0 fully saturated rings. The molecular weight excluding hydrogens is 414 g/mol. The number of amides is 1. The molecule has 0 aliphatic heterocycles. The van der Waals surface area contributed by atoms with Crippen LogP contribution in [0.15, 0.2) is 67.0 Å². The molecule has 8 heteroatoms. The Balaban J connectivity index is 1.76. The van der Waals surface area contributed by atoms with E-state index in [1.165, 1.54) is 0 Å². The Labute approximate surface area is 184 Å². The van der Waals surface area contributed by atoms with Crippen LogP contribution in [0.5, 0.6) is 5.75 Å². The number of nitrogens with zero attached hydrogens (tertiary/aromatic N) is 4. The first-order chi connectivity index (χ1) is 15.1. The Hall–Kier alpha value is -3.71. The Morgan fingerprint density at radius 2 is 1.90 bits per heavy atom. The van der Waals surface area contributed by atoms with E-state index in [2.05, 4.69) is 20.6 Å². The second-order valence-corrected chi connectivity index (χ2v) is 7.30. The summed E-state index contributed by atoms with van der Waals surface area (Å²) in [6.45, 7) is 2.39. The summed E-state index contributed by atoms with van der Waals surface area (Å²) < 4.78 is 7.03. The number of carbonyl (C=O) groups is 1. The number of nitrogens with one attached hydrogen (secondary N) is 1. The molecule has 0 unspecified atom stereocenters. The van der Waals surface area contributed by atoms with Crippen molar-refractivity contribution in [3.63, 3.8) is 0 Å². The predicted molar refractivity (Wildman–Crippen MR) is 119 cm³/mol. The smallest absolute Gasteiger partial charge is 0.274 e. The average Bonchev–Trinajstić information content (AvgIpc) is 3.24. The first kappa shape index (κ1) is 20.6. The van der Waals surface area contributed by atoms with E-state index in [0.717, 1.165) is 16.7 Å². The molecule has 2 aromatic carbocycles. The molecule has 0 aliphatic carbocycles. The second kappa shape index (κ2) is 8.97. The summed E-state index contributed by atoms with van der Waals surface area (Å²) in [5.41, 5.74) is 4.16. The second-order valence-electron chi connectivity index (χ2n) is 6.86. The van der Waals surface area contributed by atoms with Crippen molar-refractivity contribution in [2.45, 2.75) is 13.5 Å². The van der Waals surface area contributed by atoms with E-state index < -0.39 is 0 Å². The topological polar surface area (TPSA) is 81.9 Å². The monoisotopic (exact) mass is 433 g/mol. The Morgan fingerprint density at radius 3 is 2.65 bits per heavy atom.